The molecule has 12 atom stereocenters. The third-order valence-corrected chi connectivity index (χ3v) is 13.5. The monoisotopic (exact) mass is 976 g/mol. The number of thioether (sulfide) groups is 1. The van der Waals surface area contributed by atoms with Gasteiger partial charge < -0.3 is 52.1 Å². The molecule has 3 heterocycles. The Labute approximate surface area is 408 Å². The van der Waals surface area contributed by atoms with Gasteiger partial charge in [-0.25, -0.2) is 19.2 Å². The molecule has 0 bridgehead atoms. The van der Waals surface area contributed by atoms with Crippen LogP contribution in [0.5, 0.6) is 0 Å². The van der Waals surface area contributed by atoms with Gasteiger partial charge in [-0.2, -0.15) is 0 Å². The predicted octanol–water partition coefficient (Wildman–Crippen LogP) is 7.17. The zero-order chi connectivity index (χ0) is 49.0. The van der Waals surface area contributed by atoms with Gasteiger partial charge in [-0.1, -0.05) is 110 Å². The van der Waals surface area contributed by atoms with E-state index in [0.29, 0.717) is 12.0 Å². The van der Waals surface area contributed by atoms with Gasteiger partial charge in [-0.15, -0.1) is 11.8 Å². The number of fused-ring (bicyclic) bond motifs is 1. The van der Waals surface area contributed by atoms with Gasteiger partial charge in [-0.3, -0.25) is 4.79 Å². The average Bonchev–Trinajstić information content (AvgIpc) is 3.41. The van der Waals surface area contributed by atoms with Gasteiger partial charge >= 0.3 is 29.8 Å². The van der Waals surface area contributed by atoms with E-state index in [0.717, 1.165) is 11.8 Å². The van der Waals surface area contributed by atoms with E-state index in [1.54, 1.807) is 109 Å². The van der Waals surface area contributed by atoms with Gasteiger partial charge in [0.1, 0.15) is 36.3 Å². The van der Waals surface area contributed by atoms with Crippen LogP contribution in [0.25, 0.3) is 0 Å². The molecule has 3 saturated heterocycles. The van der Waals surface area contributed by atoms with Crippen molar-refractivity contribution in [2.24, 2.45) is 0 Å². The molecule has 3 aliphatic rings. The summed E-state index contributed by atoms with van der Waals surface area (Å²) in [5, 5.41) is -1.72. The molecule has 3 fully saturated rings. The van der Waals surface area contributed by atoms with E-state index in [9.17, 15) is 24.0 Å². The van der Waals surface area contributed by atoms with Crippen molar-refractivity contribution >= 4 is 41.6 Å². The summed E-state index contributed by atoms with van der Waals surface area (Å²) in [4.78, 5) is 69.4. The summed E-state index contributed by atoms with van der Waals surface area (Å²) < 4.78 is 69.0. The first-order valence-electron chi connectivity index (χ1n) is 22.7. The first kappa shape index (κ1) is 50.0. The van der Waals surface area contributed by atoms with E-state index < -0.39 is 109 Å². The molecule has 3 aliphatic heterocycles. The molecule has 5 aromatic rings. The molecule has 2 unspecified atom stereocenters. The van der Waals surface area contributed by atoms with Crippen molar-refractivity contribution in [2.75, 3.05) is 27.4 Å². The molecule has 0 spiro atoms. The summed E-state index contributed by atoms with van der Waals surface area (Å²) >= 11 is 1.16. The van der Waals surface area contributed by atoms with Crippen LogP contribution in [-0.2, 0) is 56.9 Å². The van der Waals surface area contributed by atoms with Crippen LogP contribution in [0.4, 0.5) is 0 Å². The van der Waals surface area contributed by atoms with Gasteiger partial charge in [0.2, 0.25) is 0 Å². The molecule has 5 aromatic carbocycles. The Hall–Kier alpha value is -6.44. The molecule has 0 saturated carbocycles. The lowest BCUT2D eigenvalue weighted by Gasteiger charge is -2.51. The Morgan fingerprint density at radius 2 is 1.06 bits per heavy atom. The van der Waals surface area contributed by atoms with Crippen molar-refractivity contribution < 1.29 is 76.1 Å². The molecular formula is C53H52O16S. The summed E-state index contributed by atoms with van der Waals surface area (Å²) in [5.74, 6) is -3.67. The Morgan fingerprint density at radius 3 is 1.56 bits per heavy atom. The highest BCUT2D eigenvalue weighted by Crippen LogP contribution is 2.44. The molecule has 70 heavy (non-hydrogen) atoms. The number of carbonyl (C=O) groups is 5. The zero-order valence-corrected chi connectivity index (χ0v) is 39.2. The molecular weight excluding hydrogens is 925 g/mol. The van der Waals surface area contributed by atoms with Gasteiger partial charge in [0.15, 0.2) is 37.2 Å². The van der Waals surface area contributed by atoms with Crippen molar-refractivity contribution in [1.29, 1.82) is 0 Å². The van der Waals surface area contributed by atoms with E-state index >= 15 is 0 Å². The predicted molar refractivity (Wildman–Crippen MR) is 250 cm³/mol. The number of hydrogen-bond acceptors (Lipinski definition) is 17. The third kappa shape index (κ3) is 11.9. The smallest absolute Gasteiger partial charge is 0.338 e. The summed E-state index contributed by atoms with van der Waals surface area (Å²) in [6, 6.07) is 42.0. The number of methoxy groups -OCH3 is 2. The molecule has 0 aliphatic carbocycles. The molecule has 17 heteroatoms. The lowest BCUT2D eigenvalue weighted by Crippen LogP contribution is -2.67. The highest BCUT2D eigenvalue weighted by atomic mass is 32.2. The molecule has 16 nitrogen and oxygen atoms in total. The second-order valence-corrected chi connectivity index (χ2v) is 17.7. The number of ether oxygens (including phenoxy) is 11. The summed E-state index contributed by atoms with van der Waals surface area (Å²) in [6.07, 6.45) is -12.9. The first-order chi connectivity index (χ1) is 34.1. The maximum absolute atomic E-state index is 14.3. The summed E-state index contributed by atoms with van der Waals surface area (Å²) in [5.41, 5.74) is 1.44. The summed E-state index contributed by atoms with van der Waals surface area (Å²) in [6.45, 7) is 1.25. The van der Waals surface area contributed by atoms with Crippen LogP contribution in [0.3, 0.4) is 0 Å². The van der Waals surface area contributed by atoms with Gasteiger partial charge in [0.05, 0.1) is 41.2 Å². The van der Waals surface area contributed by atoms with Crippen LogP contribution >= 0.6 is 11.8 Å². The molecule has 0 radical (unpaired) electrons. The van der Waals surface area contributed by atoms with Crippen LogP contribution in [-0.4, -0.2) is 123 Å². The van der Waals surface area contributed by atoms with Crippen LogP contribution in [0, 0.1) is 0 Å². The normalized spacial score (nSPS) is 26.6. The fraction of sp³-hybridized carbons (Fsp3) is 0.340. The van der Waals surface area contributed by atoms with Crippen LogP contribution in [0.2, 0.25) is 0 Å². The second kappa shape index (κ2) is 23.9. The Morgan fingerprint density at radius 1 is 0.571 bits per heavy atom. The maximum Gasteiger partial charge on any atom is 0.338 e. The van der Waals surface area contributed by atoms with E-state index in [1.807, 2.05) is 37.3 Å². The number of rotatable bonds is 17. The van der Waals surface area contributed by atoms with Crippen molar-refractivity contribution in [2.45, 2.75) is 85.4 Å². The zero-order valence-electron chi connectivity index (χ0n) is 38.4. The first-order valence-corrected chi connectivity index (χ1v) is 23.6. The maximum atomic E-state index is 14.3. The topological polar surface area (TPSA) is 187 Å². The lowest BCUT2D eigenvalue weighted by atomic mass is 9.96. The van der Waals surface area contributed by atoms with E-state index in [1.165, 1.54) is 26.4 Å². The fourth-order valence-electron chi connectivity index (χ4n) is 8.25. The Kier molecular flexibility index (Phi) is 17.1. The van der Waals surface area contributed by atoms with Gasteiger partial charge in [-0.05, 0) is 55.0 Å². The molecule has 0 aromatic heterocycles. The van der Waals surface area contributed by atoms with Crippen molar-refractivity contribution in [3.8, 4) is 0 Å². The highest BCUT2D eigenvalue weighted by molar-refractivity contribution is 8.01. The number of esters is 5. The minimum Gasteiger partial charge on any atom is -0.468 e. The quantitative estimate of drug-likeness (QED) is 0.0674. The van der Waals surface area contributed by atoms with E-state index in [2.05, 4.69) is 0 Å². The van der Waals surface area contributed by atoms with Crippen molar-refractivity contribution in [3.05, 3.63) is 179 Å². The molecule has 366 valence electrons. The number of carbonyl (C=O) groups excluding carboxylic acids is 5. The Balaban J connectivity index is 1.23. The largest absolute Gasteiger partial charge is 0.468 e. The van der Waals surface area contributed by atoms with Crippen LogP contribution in [0.15, 0.2) is 152 Å². The number of benzene rings is 5. The fourth-order valence-corrected chi connectivity index (χ4v) is 9.76. The number of hydrogen-bond donors (Lipinski definition) is 0. The van der Waals surface area contributed by atoms with Crippen LogP contribution < -0.4 is 0 Å². The van der Waals surface area contributed by atoms with Gasteiger partial charge in [0, 0.05) is 12.7 Å². The Bertz CT molecular complexity index is 2500. The standard InChI is InChI=1S/C53H52O16S/c1-4-39(50(58)59-2)70-45-41-38(31-62-51(69-41)36-28-18-9-19-29-36)64-53(44(45)67-49(57)35-26-16-8-17-27-35)68-40-37(30-61-46(54)32-20-10-5-11-21-32)63-52(60-3)43(66-48(56)34-24-14-7-15-25-34)42(40)65-47(55)33-22-12-6-13-23-33/h5-29,37-45,51-53H,4,30-31H2,1-3H3/t37-,38-,39?,40-,41+,42+,43-,44-,45+,51?,52-,53+/m1/s1. The molecule has 8 rings (SSSR count). The highest BCUT2D eigenvalue weighted by Gasteiger charge is 2.58. The molecule has 0 amide bonds. The molecule has 0 N–H and O–H groups in total. The van der Waals surface area contributed by atoms with E-state index in [-0.39, 0.29) is 28.9 Å². The minimum absolute atomic E-state index is 0.0513. The minimum atomic E-state index is -1.60. The van der Waals surface area contributed by atoms with E-state index in [4.69, 9.17) is 52.1 Å². The lowest BCUT2D eigenvalue weighted by molar-refractivity contribution is -0.365. The summed E-state index contributed by atoms with van der Waals surface area (Å²) in [7, 11) is 2.59. The third-order valence-electron chi connectivity index (χ3n) is 11.8. The second-order valence-electron chi connectivity index (χ2n) is 16.3. The van der Waals surface area contributed by atoms with Crippen molar-refractivity contribution in [3.63, 3.8) is 0 Å². The van der Waals surface area contributed by atoms with Crippen LogP contribution in [0.1, 0.15) is 66.6 Å². The SMILES string of the molecule is CCC(S[C@H]1[C@H]2OC(c3ccccc3)OC[C@H]2O[C@@H](O[C@H]2[C@H](OC(=O)c3ccccc3)[C@@H](OC(=O)c3ccccc3)[C@H](OC)O[C@@H]2COC(=O)c2ccccc2)[C@@H]1OC(=O)c1ccccc1)C(=O)OC. The van der Waals surface area contributed by atoms with Crippen molar-refractivity contribution in [1.82, 2.24) is 0 Å². The van der Waals surface area contributed by atoms with Gasteiger partial charge in [0.25, 0.3) is 0 Å². The average molecular weight is 977 g/mol.